The first-order valence-electron chi connectivity index (χ1n) is 18.4. The zero-order valence-electron chi connectivity index (χ0n) is 30.7. The molecular weight excluding hydrogens is 681 g/mol. The van der Waals surface area contributed by atoms with Gasteiger partial charge in [-0.3, -0.25) is 19.4 Å². The summed E-state index contributed by atoms with van der Waals surface area (Å²) in [4.78, 5) is 29.9. The number of hydrogen-bond acceptors (Lipinski definition) is 8. The molecule has 0 spiro atoms. The minimum absolute atomic E-state index is 0.0187. The second-order valence-corrected chi connectivity index (χ2v) is 14.4. The molecule has 5 aromatic carbocycles. The van der Waals surface area contributed by atoms with Gasteiger partial charge in [0.2, 0.25) is 0 Å². The Morgan fingerprint density at radius 3 is 2.07 bits per heavy atom. The SMILES string of the molecule is COc1cc2c(cc1OC)CN(C[C@H]1O[C@@H](c3cccc(-c4cccc(CN5C(=O)c6ccccc6C5=O)c4)c3)O[C@@H](c3ccc(CO)cc3)[C@H]1C)CC2. The molecule has 3 aliphatic heterocycles. The summed E-state index contributed by atoms with van der Waals surface area (Å²) in [5.41, 5.74) is 8.96. The van der Waals surface area contributed by atoms with Crippen LogP contribution in [0.1, 0.15) is 73.4 Å². The Balaban J connectivity index is 1.05. The van der Waals surface area contributed by atoms with Crippen molar-refractivity contribution in [1.29, 1.82) is 0 Å². The summed E-state index contributed by atoms with van der Waals surface area (Å²) in [6.07, 6.45) is -0.109. The van der Waals surface area contributed by atoms with E-state index in [4.69, 9.17) is 18.9 Å². The Kier molecular flexibility index (Phi) is 10.0. The average Bonchev–Trinajstić information content (AvgIpc) is 3.45. The predicted octanol–water partition coefficient (Wildman–Crippen LogP) is 7.51. The Labute approximate surface area is 315 Å². The molecule has 1 fully saturated rings. The van der Waals surface area contributed by atoms with Gasteiger partial charge in [-0.05, 0) is 81.8 Å². The van der Waals surface area contributed by atoms with Crippen molar-refractivity contribution >= 4 is 11.8 Å². The number of fused-ring (bicyclic) bond motifs is 2. The molecule has 1 saturated heterocycles. The Morgan fingerprint density at radius 2 is 1.39 bits per heavy atom. The third kappa shape index (κ3) is 6.92. The number of methoxy groups -OCH3 is 2. The lowest BCUT2D eigenvalue weighted by molar-refractivity contribution is -0.276. The molecule has 0 radical (unpaired) electrons. The van der Waals surface area contributed by atoms with Crippen LogP contribution in [0.25, 0.3) is 11.1 Å². The summed E-state index contributed by atoms with van der Waals surface area (Å²) in [5.74, 6) is 0.977. The number of carbonyl (C=O) groups excluding carboxylic acids is 2. The maximum absolute atomic E-state index is 13.1. The van der Waals surface area contributed by atoms with Crippen molar-refractivity contribution in [1.82, 2.24) is 9.80 Å². The molecule has 276 valence electrons. The van der Waals surface area contributed by atoms with Crippen LogP contribution in [-0.2, 0) is 35.6 Å². The van der Waals surface area contributed by atoms with Crippen LogP contribution < -0.4 is 9.47 Å². The number of nitrogens with zero attached hydrogens (tertiary/aromatic N) is 2. The summed E-state index contributed by atoms with van der Waals surface area (Å²) >= 11 is 0. The van der Waals surface area contributed by atoms with Crippen LogP contribution in [0.15, 0.2) is 109 Å². The summed E-state index contributed by atoms with van der Waals surface area (Å²) < 4.78 is 24.9. The van der Waals surface area contributed by atoms with Gasteiger partial charge in [0.1, 0.15) is 0 Å². The van der Waals surface area contributed by atoms with E-state index in [1.54, 1.807) is 38.5 Å². The second-order valence-electron chi connectivity index (χ2n) is 14.4. The van der Waals surface area contributed by atoms with Gasteiger partial charge in [-0.15, -0.1) is 0 Å². The van der Waals surface area contributed by atoms with Crippen LogP contribution in [0.3, 0.4) is 0 Å². The predicted molar refractivity (Wildman–Crippen MR) is 204 cm³/mol. The molecule has 8 rings (SSSR count). The van der Waals surface area contributed by atoms with Crippen molar-refractivity contribution in [3.05, 3.63) is 154 Å². The Hall–Kier alpha value is -5.32. The van der Waals surface area contributed by atoms with Crippen LogP contribution >= 0.6 is 0 Å². The molecule has 0 aliphatic carbocycles. The molecule has 9 heteroatoms. The zero-order valence-corrected chi connectivity index (χ0v) is 30.7. The van der Waals surface area contributed by atoms with E-state index in [1.807, 2.05) is 66.7 Å². The van der Waals surface area contributed by atoms with E-state index in [1.165, 1.54) is 16.0 Å². The van der Waals surface area contributed by atoms with Crippen molar-refractivity contribution in [3.8, 4) is 22.6 Å². The Morgan fingerprint density at radius 1 is 0.722 bits per heavy atom. The zero-order chi connectivity index (χ0) is 37.3. The van der Waals surface area contributed by atoms with Crippen LogP contribution in [0.5, 0.6) is 11.5 Å². The standard InChI is InChI=1S/C45H44N2O7/c1-28-41(26-46-19-18-34-22-39(51-2)40(52-3)23-36(34)25-46)53-45(54-42(28)31-16-14-29(27-48)15-17-31)35-11-7-10-33(21-35)32-9-6-8-30(20-32)24-47-43(49)37-12-4-5-13-38(37)44(47)50/h4-17,20-23,28,41-42,45,48H,18-19,24-27H2,1-3H3/t28-,41+,42+,45+/m0/s1. The summed E-state index contributed by atoms with van der Waals surface area (Å²) in [5, 5.41) is 9.70. The van der Waals surface area contributed by atoms with Crippen molar-refractivity contribution in [2.24, 2.45) is 5.92 Å². The first-order chi connectivity index (χ1) is 26.3. The van der Waals surface area contributed by atoms with Crippen molar-refractivity contribution in [2.45, 2.75) is 51.5 Å². The van der Waals surface area contributed by atoms with Crippen LogP contribution in [-0.4, -0.2) is 60.1 Å². The molecule has 0 aromatic heterocycles. The lowest BCUT2D eigenvalue weighted by Crippen LogP contribution is -2.45. The number of hydrogen-bond donors (Lipinski definition) is 1. The van der Waals surface area contributed by atoms with Crippen LogP contribution in [0, 0.1) is 5.92 Å². The maximum atomic E-state index is 13.1. The van der Waals surface area contributed by atoms with E-state index in [2.05, 4.69) is 30.0 Å². The first-order valence-corrected chi connectivity index (χ1v) is 18.4. The van der Waals surface area contributed by atoms with E-state index in [9.17, 15) is 14.7 Å². The number of aliphatic hydroxyl groups excluding tert-OH is 1. The van der Waals surface area contributed by atoms with Crippen LogP contribution in [0.4, 0.5) is 0 Å². The third-order valence-electron chi connectivity index (χ3n) is 11.0. The second kappa shape index (κ2) is 15.2. The van der Waals surface area contributed by atoms with Gasteiger partial charge >= 0.3 is 0 Å². The highest BCUT2D eigenvalue weighted by atomic mass is 16.7. The van der Waals surface area contributed by atoms with E-state index in [0.717, 1.165) is 70.9 Å². The quantitative estimate of drug-likeness (QED) is 0.148. The van der Waals surface area contributed by atoms with Crippen molar-refractivity contribution in [3.63, 3.8) is 0 Å². The normalized spacial score (nSPS) is 21.1. The molecular formula is C45H44N2O7. The molecule has 0 bridgehead atoms. The maximum Gasteiger partial charge on any atom is 0.261 e. The molecule has 1 N–H and O–H groups in total. The lowest BCUT2D eigenvalue weighted by Gasteiger charge is -2.43. The highest BCUT2D eigenvalue weighted by Gasteiger charge is 2.40. The number of benzene rings is 5. The van der Waals surface area contributed by atoms with E-state index in [-0.39, 0.29) is 43.1 Å². The van der Waals surface area contributed by atoms with E-state index < -0.39 is 6.29 Å². The summed E-state index contributed by atoms with van der Waals surface area (Å²) in [6.45, 7) is 4.74. The van der Waals surface area contributed by atoms with Gasteiger partial charge in [0.15, 0.2) is 17.8 Å². The van der Waals surface area contributed by atoms with Crippen molar-refractivity contribution in [2.75, 3.05) is 27.3 Å². The number of ether oxygens (including phenoxy) is 4. The molecule has 9 nitrogen and oxygen atoms in total. The lowest BCUT2D eigenvalue weighted by atomic mass is 9.89. The van der Waals surface area contributed by atoms with Crippen LogP contribution in [0.2, 0.25) is 0 Å². The molecule has 5 aromatic rings. The smallest absolute Gasteiger partial charge is 0.261 e. The van der Waals surface area contributed by atoms with Crippen molar-refractivity contribution < 1.29 is 33.6 Å². The van der Waals surface area contributed by atoms with Gasteiger partial charge in [0.05, 0.1) is 50.7 Å². The molecule has 3 heterocycles. The number of amides is 2. The summed E-state index contributed by atoms with van der Waals surface area (Å²) in [6, 6.07) is 35.3. The van der Waals surface area contributed by atoms with Gasteiger partial charge in [-0.1, -0.05) is 79.7 Å². The molecule has 54 heavy (non-hydrogen) atoms. The van der Waals surface area contributed by atoms with E-state index >= 15 is 0 Å². The van der Waals surface area contributed by atoms with Gasteiger partial charge in [-0.2, -0.15) is 0 Å². The fraction of sp³-hybridized carbons (Fsp3) is 0.289. The fourth-order valence-corrected chi connectivity index (χ4v) is 7.96. The third-order valence-corrected chi connectivity index (χ3v) is 11.0. The number of aliphatic hydroxyl groups is 1. The fourth-order valence-electron chi connectivity index (χ4n) is 7.96. The number of carbonyl (C=O) groups is 2. The molecule has 3 aliphatic rings. The highest BCUT2D eigenvalue weighted by molar-refractivity contribution is 6.21. The molecule has 0 saturated carbocycles. The monoisotopic (exact) mass is 724 g/mol. The summed E-state index contributed by atoms with van der Waals surface area (Å²) in [7, 11) is 3.33. The molecule has 0 unspecified atom stereocenters. The average molecular weight is 725 g/mol. The van der Waals surface area contributed by atoms with E-state index in [0.29, 0.717) is 11.1 Å². The van der Waals surface area contributed by atoms with Gasteiger partial charge < -0.3 is 24.1 Å². The minimum atomic E-state index is -0.628. The largest absolute Gasteiger partial charge is 0.493 e. The topological polar surface area (TPSA) is 97.8 Å². The Bertz CT molecular complexity index is 2150. The van der Waals surface area contributed by atoms with Gasteiger partial charge in [0.25, 0.3) is 11.8 Å². The first kappa shape index (κ1) is 35.7. The van der Waals surface area contributed by atoms with Gasteiger partial charge in [-0.25, -0.2) is 0 Å². The number of rotatable bonds is 10. The number of imide groups is 1. The highest BCUT2D eigenvalue weighted by Crippen LogP contribution is 2.43. The molecule has 4 atom stereocenters. The molecule has 2 amide bonds. The van der Waals surface area contributed by atoms with Gasteiger partial charge in [0, 0.05) is 31.1 Å². The minimum Gasteiger partial charge on any atom is -0.493 e.